The average molecular weight is 365 g/mol. The van der Waals surface area contributed by atoms with E-state index in [0.29, 0.717) is 11.1 Å². The summed E-state index contributed by atoms with van der Waals surface area (Å²) in [6.07, 6.45) is 4.42. The molecule has 0 spiro atoms. The van der Waals surface area contributed by atoms with Crippen LogP contribution in [-0.4, -0.2) is 21.0 Å². The highest BCUT2D eigenvalue weighted by atomic mass is 16.6. The summed E-state index contributed by atoms with van der Waals surface area (Å²) in [5.41, 5.74) is 1.07. The van der Waals surface area contributed by atoms with E-state index in [-0.39, 0.29) is 29.3 Å². The number of hydrogen-bond donors (Lipinski definition) is 3. The van der Waals surface area contributed by atoms with E-state index in [2.05, 4.69) is 5.32 Å². The molecule has 1 amide bonds. The van der Waals surface area contributed by atoms with Crippen LogP contribution in [0.3, 0.4) is 0 Å². The van der Waals surface area contributed by atoms with Gasteiger partial charge in [0.05, 0.1) is 4.92 Å². The summed E-state index contributed by atoms with van der Waals surface area (Å²) in [5.74, 6) is -1.17. The predicted octanol–water partition coefficient (Wildman–Crippen LogP) is 2.79. The highest BCUT2D eigenvalue weighted by molar-refractivity contribution is 5.97. The predicted molar refractivity (Wildman–Crippen MR) is 97.4 cm³/mol. The number of allylic oxidation sites excluding steroid dienone is 2. The maximum atomic E-state index is 12.0. The summed E-state index contributed by atoms with van der Waals surface area (Å²) >= 11 is 0. The molecule has 2 rings (SSSR count). The van der Waals surface area contributed by atoms with E-state index in [1.165, 1.54) is 42.5 Å². The molecule has 0 fully saturated rings. The molecule has 0 atom stereocenters. The van der Waals surface area contributed by atoms with Crippen molar-refractivity contribution in [1.29, 1.82) is 5.26 Å². The summed E-state index contributed by atoms with van der Waals surface area (Å²) in [5, 5.41) is 40.9. The molecule has 2 aromatic carbocycles. The molecule has 0 aliphatic heterocycles. The highest BCUT2D eigenvalue weighted by Crippen LogP contribution is 2.24. The second-order valence-corrected chi connectivity index (χ2v) is 5.41. The normalized spacial score (nSPS) is 11.1. The Balaban J connectivity index is 1.99. The second-order valence-electron chi connectivity index (χ2n) is 5.41. The van der Waals surface area contributed by atoms with Crippen LogP contribution in [0.2, 0.25) is 0 Å². The average Bonchev–Trinajstić information content (AvgIpc) is 2.66. The minimum Gasteiger partial charge on any atom is -0.504 e. The van der Waals surface area contributed by atoms with Crippen LogP contribution in [0.5, 0.6) is 11.5 Å². The van der Waals surface area contributed by atoms with Gasteiger partial charge in [0.25, 0.3) is 11.6 Å². The smallest absolute Gasteiger partial charge is 0.269 e. The van der Waals surface area contributed by atoms with Crippen LogP contribution in [-0.2, 0) is 11.3 Å². The van der Waals surface area contributed by atoms with E-state index in [0.717, 1.165) is 0 Å². The number of carbonyl (C=O) groups excluding carboxylic acids is 1. The molecule has 8 heteroatoms. The van der Waals surface area contributed by atoms with Crippen molar-refractivity contribution in [3.05, 3.63) is 81.4 Å². The molecular weight excluding hydrogens is 350 g/mol. The summed E-state index contributed by atoms with van der Waals surface area (Å²) in [6.45, 7) is 0.0672. The molecule has 136 valence electrons. The number of aromatic hydroxyl groups is 2. The van der Waals surface area contributed by atoms with Gasteiger partial charge >= 0.3 is 0 Å². The van der Waals surface area contributed by atoms with Crippen molar-refractivity contribution in [1.82, 2.24) is 5.32 Å². The summed E-state index contributed by atoms with van der Waals surface area (Å²) in [7, 11) is 0. The van der Waals surface area contributed by atoms with Crippen molar-refractivity contribution in [3.63, 3.8) is 0 Å². The molecule has 0 aliphatic rings. The number of non-ortho nitro benzene ring substituents is 1. The standard InChI is InChI=1S/C19H15N3O5/c20-11-15(3-1-2-13-4-7-16(8-5-13)22(26)27)19(25)21-12-14-6-9-17(23)18(24)10-14/h1-10,23-24H,12H2,(H,21,25)/b2-1+,15-3+. The minimum absolute atomic E-state index is 0.0277. The number of phenols is 2. The van der Waals surface area contributed by atoms with Crippen molar-refractivity contribution in [2.45, 2.75) is 6.54 Å². The molecule has 0 unspecified atom stereocenters. The number of nitrogens with zero attached hydrogens (tertiary/aromatic N) is 2. The van der Waals surface area contributed by atoms with Crippen molar-refractivity contribution in [2.75, 3.05) is 0 Å². The van der Waals surface area contributed by atoms with E-state index in [9.17, 15) is 25.1 Å². The molecule has 2 aromatic rings. The summed E-state index contributed by atoms with van der Waals surface area (Å²) < 4.78 is 0. The Morgan fingerprint density at radius 1 is 1.19 bits per heavy atom. The van der Waals surface area contributed by atoms with Gasteiger partial charge in [0.1, 0.15) is 11.6 Å². The van der Waals surface area contributed by atoms with E-state index in [1.807, 2.05) is 0 Å². The van der Waals surface area contributed by atoms with E-state index in [4.69, 9.17) is 5.26 Å². The van der Waals surface area contributed by atoms with E-state index in [1.54, 1.807) is 24.3 Å². The number of hydrogen-bond acceptors (Lipinski definition) is 6. The molecule has 0 saturated heterocycles. The number of benzene rings is 2. The first-order valence-electron chi connectivity index (χ1n) is 7.72. The number of nitrogens with one attached hydrogen (secondary N) is 1. The van der Waals surface area contributed by atoms with Gasteiger partial charge < -0.3 is 15.5 Å². The van der Waals surface area contributed by atoms with Crippen molar-refractivity contribution in [3.8, 4) is 17.6 Å². The Labute approximate surface area is 154 Å². The van der Waals surface area contributed by atoms with Gasteiger partial charge in [0.15, 0.2) is 11.5 Å². The van der Waals surface area contributed by atoms with Gasteiger partial charge in [-0.05, 0) is 41.5 Å². The second kappa shape index (κ2) is 8.82. The lowest BCUT2D eigenvalue weighted by atomic mass is 10.1. The summed E-state index contributed by atoms with van der Waals surface area (Å²) in [6, 6.07) is 11.7. The quantitative estimate of drug-likeness (QED) is 0.180. The number of rotatable bonds is 6. The molecule has 8 nitrogen and oxygen atoms in total. The van der Waals surface area contributed by atoms with Gasteiger partial charge in [-0.25, -0.2) is 0 Å². The lowest BCUT2D eigenvalue weighted by Crippen LogP contribution is -2.23. The van der Waals surface area contributed by atoms with Crippen molar-refractivity contribution in [2.24, 2.45) is 0 Å². The number of nitro benzene ring substituents is 1. The fourth-order valence-corrected chi connectivity index (χ4v) is 2.08. The monoisotopic (exact) mass is 365 g/mol. The summed E-state index contributed by atoms with van der Waals surface area (Å²) in [4.78, 5) is 22.1. The Kier molecular flexibility index (Phi) is 6.28. The lowest BCUT2D eigenvalue weighted by Gasteiger charge is -2.05. The fourth-order valence-electron chi connectivity index (χ4n) is 2.08. The van der Waals surface area contributed by atoms with Crippen LogP contribution in [0.1, 0.15) is 11.1 Å². The first-order chi connectivity index (χ1) is 12.9. The SMILES string of the molecule is N#C/C(=C\C=C\c1ccc([N+](=O)[O-])cc1)C(=O)NCc1ccc(O)c(O)c1. The molecule has 3 N–H and O–H groups in total. The van der Waals surface area contributed by atoms with E-state index >= 15 is 0 Å². The number of phenolic OH excluding ortho intramolecular Hbond substituents is 2. The Morgan fingerprint density at radius 3 is 2.48 bits per heavy atom. The number of nitriles is 1. The molecule has 0 heterocycles. The van der Waals surface area contributed by atoms with Gasteiger partial charge in [-0.3, -0.25) is 14.9 Å². The van der Waals surface area contributed by atoms with Crippen molar-refractivity contribution >= 4 is 17.7 Å². The molecule has 27 heavy (non-hydrogen) atoms. The van der Waals surface area contributed by atoms with Crippen LogP contribution >= 0.6 is 0 Å². The molecular formula is C19H15N3O5. The Bertz CT molecular complexity index is 956. The first kappa shape index (κ1) is 19.2. The molecule has 0 bridgehead atoms. The largest absolute Gasteiger partial charge is 0.504 e. The first-order valence-corrected chi connectivity index (χ1v) is 7.72. The van der Waals surface area contributed by atoms with Crippen molar-refractivity contribution < 1.29 is 19.9 Å². The fraction of sp³-hybridized carbons (Fsp3) is 0.0526. The van der Waals surface area contributed by atoms with Crippen LogP contribution < -0.4 is 5.32 Å². The maximum Gasteiger partial charge on any atom is 0.269 e. The third kappa shape index (κ3) is 5.44. The van der Waals surface area contributed by atoms with Crippen LogP contribution in [0.4, 0.5) is 5.69 Å². The highest BCUT2D eigenvalue weighted by Gasteiger charge is 2.08. The van der Waals surface area contributed by atoms with Crippen LogP contribution in [0.25, 0.3) is 6.08 Å². The van der Waals surface area contributed by atoms with Gasteiger partial charge in [0.2, 0.25) is 0 Å². The zero-order valence-corrected chi connectivity index (χ0v) is 14.0. The van der Waals surface area contributed by atoms with Gasteiger partial charge in [-0.15, -0.1) is 0 Å². The molecule has 0 aliphatic carbocycles. The number of nitro groups is 1. The van der Waals surface area contributed by atoms with Gasteiger partial charge in [0, 0.05) is 18.7 Å². The van der Waals surface area contributed by atoms with Crippen LogP contribution in [0.15, 0.2) is 60.2 Å². The zero-order chi connectivity index (χ0) is 19.8. The maximum absolute atomic E-state index is 12.0. The molecule has 0 radical (unpaired) electrons. The van der Waals surface area contributed by atoms with Gasteiger partial charge in [-0.2, -0.15) is 5.26 Å². The minimum atomic E-state index is -0.599. The molecule has 0 saturated carbocycles. The zero-order valence-electron chi connectivity index (χ0n) is 14.0. The van der Waals surface area contributed by atoms with E-state index < -0.39 is 10.8 Å². The van der Waals surface area contributed by atoms with Gasteiger partial charge in [-0.1, -0.05) is 18.2 Å². The third-order valence-electron chi connectivity index (χ3n) is 3.51. The number of amides is 1. The topological polar surface area (TPSA) is 136 Å². The number of carbonyl (C=O) groups is 1. The van der Waals surface area contributed by atoms with Crippen LogP contribution in [0, 0.1) is 21.4 Å². The lowest BCUT2D eigenvalue weighted by molar-refractivity contribution is -0.384. The Hall–Kier alpha value is -4.12. The Morgan fingerprint density at radius 2 is 1.89 bits per heavy atom. The molecule has 0 aromatic heterocycles. The third-order valence-corrected chi connectivity index (χ3v) is 3.51.